The van der Waals surface area contributed by atoms with Gasteiger partial charge >= 0.3 is 6.36 Å². The summed E-state index contributed by atoms with van der Waals surface area (Å²) in [5, 5.41) is 12.3. The number of benzene rings is 3. The maximum absolute atomic E-state index is 12.9. The number of ether oxygens (including phenoxy) is 1. The highest BCUT2D eigenvalue weighted by atomic mass is 19.4. The number of aryl methyl sites for hydroxylation is 2. The summed E-state index contributed by atoms with van der Waals surface area (Å²) in [7, 11) is 0. The van der Waals surface area contributed by atoms with E-state index in [4.69, 9.17) is 5.73 Å². The van der Waals surface area contributed by atoms with Crippen molar-refractivity contribution >= 4 is 5.91 Å². The number of alkyl halides is 3. The molecule has 0 aliphatic heterocycles. The molecule has 0 aromatic heterocycles. The second kappa shape index (κ2) is 10.6. The van der Waals surface area contributed by atoms with Crippen LogP contribution in [0.1, 0.15) is 33.4 Å². The van der Waals surface area contributed by atoms with Gasteiger partial charge in [0.05, 0.1) is 6.04 Å². The van der Waals surface area contributed by atoms with Crippen molar-refractivity contribution < 1.29 is 27.8 Å². The highest BCUT2D eigenvalue weighted by Gasteiger charge is 2.32. The fourth-order valence-corrected chi connectivity index (χ4v) is 3.86. The molecule has 0 heterocycles. The van der Waals surface area contributed by atoms with Crippen molar-refractivity contribution in [2.24, 2.45) is 5.73 Å². The minimum Gasteiger partial charge on any atom is -0.508 e. The average Bonchev–Trinajstić information content (AvgIpc) is 2.75. The van der Waals surface area contributed by atoms with Crippen LogP contribution in [0.3, 0.4) is 0 Å². The molecular weight excluding hydrogens is 445 g/mol. The quantitative estimate of drug-likeness (QED) is 0.444. The first-order chi connectivity index (χ1) is 16.0. The van der Waals surface area contributed by atoms with Crippen molar-refractivity contribution in [2.75, 3.05) is 0 Å². The summed E-state index contributed by atoms with van der Waals surface area (Å²) in [5.41, 5.74) is 10.5. The number of halogens is 3. The third kappa shape index (κ3) is 6.99. The first-order valence-electron chi connectivity index (χ1n) is 10.8. The number of carbonyl (C=O) groups excluding carboxylic acids is 1. The summed E-state index contributed by atoms with van der Waals surface area (Å²) in [6, 6.07) is 16.2. The zero-order chi connectivity index (χ0) is 24.9. The van der Waals surface area contributed by atoms with Crippen LogP contribution in [0, 0.1) is 13.8 Å². The Hall–Kier alpha value is -3.52. The third-order valence-corrected chi connectivity index (χ3v) is 5.50. The molecule has 0 bridgehead atoms. The third-order valence-electron chi connectivity index (χ3n) is 5.50. The molecule has 0 saturated carbocycles. The number of amides is 1. The lowest BCUT2D eigenvalue weighted by Crippen LogP contribution is -2.42. The van der Waals surface area contributed by atoms with Gasteiger partial charge < -0.3 is 20.9 Å². The summed E-state index contributed by atoms with van der Waals surface area (Å²) >= 11 is 0. The number of nitrogens with two attached hydrogens (primary N) is 1. The summed E-state index contributed by atoms with van der Waals surface area (Å²) < 4.78 is 42.8. The summed E-state index contributed by atoms with van der Waals surface area (Å²) in [4.78, 5) is 12.6. The summed E-state index contributed by atoms with van der Waals surface area (Å²) in [6.45, 7) is 3.45. The smallest absolute Gasteiger partial charge is 0.508 e. The van der Waals surface area contributed by atoms with E-state index in [9.17, 15) is 23.1 Å². The molecule has 0 unspecified atom stereocenters. The van der Waals surface area contributed by atoms with Gasteiger partial charge in [-0.15, -0.1) is 13.2 Å². The van der Waals surface area contributed by atoms with Crippen LogP contribution in [-0.2, 0) is 24.2 Å². The van der Waals surface area contributed by atoms with Gasteiger partial charge in [0.1, 0.15) is 11.5 Å². The van der Waals surface area contributed by atoms with Gasteiger partial charge in [0.2, 0.25) is 5.91 Å². The number of hydrogen-bond acceptors (Lipinski definition) is 4. The zero-order valence-corrected chi connectivity index (χ0v) is 18.9. The number of hydrogen-bond donors (Lipinski definition) is 3. The van der Waals surface area contributed by atoms with E-state index in [-0.39, 0.29) is 30.0 Å². The normalized spacial score (nSPS) is 12.3. The van der Waals surface area contributed by atoms with Gasteiger partial charge in [0.25, 0.3) is 0 Å². The fraction of sp³-hybridized carbons (Fsp3) is 0.269. The Morgan fingerprint density at radius 3 is 2.29 bits per heavy atom. The molecule has 5 nitrogen and oxygen atoms in total. The SMILES string of the molecule is Cc1cc(O)cc(C)c1C[C@H](N)C(=O)NCc1cc(Cc2ccccc2)ccc1OC(F)(F)F. The molecule has 0 aliphatic carbocycles. The van der Waals surface area contributed by atoms with Crippen molar-refractivity contribution in [3.05, 3.63) is 94.0 Å². The van der Waals surface area contributed by atoms with Crippen LogP contribution in [0.25, 0.3) is 0 Å². The van der Waals surface area contributed by atoms with E-state index in [0.29, 0.717) is 6.42 Å². The predicted octanol–water partition coefficient (Wildman–Crippen LogP) is 4.68. The zero-order valence-electron chi connectivity index (χ0n) is 18.9. The Balaban J connectivity index is 1.74. The van der Waals surface area contributed by atoms with Gasteiger partial charge in [-0.25, -0.2) is 0 Å². The van der Waals surface area contributed by atoms with Gasteiger partial charge in [0.15, 0.2) is 0 Å². The van der Waals surface area contributed by atoms with Crippen molar-refractivity contribution in [1.29, 1.82) is 0 Å². The molecule has 1 atom stereocenters. The van der Waals surface area contributed by atoms with Crippen LogP contribution in [0.5, 0.6) is 11.5 Å². The molecule has 0 radical (unpaired) electrons. The van der Waals surface area contributed by atoms with E-state index in [0.717, 1.165) is 27.8 Å². The predicted molar refractivity (Wildman–Crippen MR) is 123 cm³/mol. The van der Waals surface area contributed by atoms with Gasteiger partial charge in [-0.2, -0.15) is 0 Å². The number of phenolic OH excluding ortho intramolecular Hbond substituents is 1. The van der Waals surface area contributed by atoms with E-state index < -0.39 is 18.3 Å². The number of carbonyl (C=O) groups is 1. The number of nitrogens with one attached hydrogen (secondary N) is 1. The first kappa shape index (κ1) is 25.1. The maximum atomic E-state index is 12.9. The molecule has 8 heteroatoms. The Labute approximate surface area is 196 Å². The van der Waals surface area contributed by atoms with Gasteiger partial charge in [-0.05, 0) is 78.8 Å². The molecule has 34 heavy (non-hydrogen) atoms. The van der Waals surface area contributed by atoms with Crippen LogP contribution >= 0.6 is 0 Å². The largest absolute Gasteiger partial charge is 0.573 e. The highest BCUT2D eigenvalue weighted by Crippen LogP contribution is 2.28. The summed E-state index contributed by atoms with van der Waals surface area (Å²) in [6.07, 6.45) is -4.11. The first-order valence-corrected chi connectivity index (χ1v) is 10.8. The molecule has 0 aliphatic rings. The topological polar surface area (TPSA) is 84.6 Å². The molecular formula is C26H27F3N2O3. The second-order valence-electron chi connectivity index (χ2n) is 8.24. The van der Waals surface area contributed by atoms with E-state index >= 15 is 0 Å². The van der Waals surface area contributed by atoms with Crippen LogP contribution in [0.2, 0.25) is 0 Å². The molecule has 4 N–H and O–H groups in total. The molecule has 3 aromatic rings. The number of phenols is 1. The summed E-state index contributed by atoms with van der Waals surface area (Å²) in [5.74, 6) is -0.744. The lowest BCUT2D eigenvalue weighted by Gasteiger charge is -2.18. The Morgan fingerprint density at radius 2 is 1.68 bits per heavy atom. The molecule has 0 spiro atoms. The average molecular weight is 473 g/mol. The van der Waals surface area contributed by atoms with Gasteiger partial charge in [-0.1, -0.05) is 36.4 Å². The standard InChI is InChI=1S/C26H27F3N2O3/c1-16-10-21(32)11-17(2)22(16)14-23(30)25(33)31-15-20-13-19(12-18-6-4-3-5-7-18)8-9-24(20)34-26(27,28)29/h3-11,13,23,32H,12,14-15,30H2,1-2H3,(H,31,33)/t23-/m0/s1. The van der Waals surface area contributed by atoms with Gasteiger partial charge in [0, 0.05) is 12.1 Å². The monoisotopic (exact) mass is 472 g/mol. The Kier molecular flexibility index (Phi) is 7.83. The maximum Gasteiger partial charge on any atom is 0.573 e. The molecule has 0 saturated heterocycles. The van der Waals surface area contributed by atoms with E-state index in [1.807, 2.05) is 44.2 Å². The van der Waals surface area contributed by atoms with E-state index in [2.05, 4.69) is 10.1 Å². The Bertz CT molecular complexity index is 1120. The molecule has 3 aromatic carbocycles. The minimum absolute atomic E-state index is 0.129. The lowest BCUT2D eigenvalue weighted by atomic mass is 9.96. The molecule has 1 amide bonds. The minimum atomic E-state index is -4.86. The van der Waals surface area contributed by atoms with Crippen molar-refractivity contribution in [3.8, 4) is 11.5 Å². The Morgan fingerprint density at radius 1 is 1.03 bits per heavy atom. The molecule has 0 fully saturated rings. The van der Waals surface area contributed by atoms with Gasteiger partial charge in [-0.3, -0.25) is 4.79 Å². The van der Waals surface area contributed by atoms with Crippen LogP contribution in [-0.4, -0.2) is 23.4 Å². The van der Waals surface area contributed by atoms with Crippen LogP contribution in [0.4, 0.5) is 13.2 Å². The van der Waals surface area contributed by atoms with Crippen LogP contribution < -0.4 is 15.8 Å². The number of aromatic hydroxyl groups is 1. The van der Waals surface area contributed by atoms with Crippen molar-refractivity contribution in [2.45, 2.75) is 45.6 Å². The highest BCUT2D eigenvalue weighted by molar-refractivity contribution is 5.82. The van der Waals surface area contributed by atoms with E-state index in [1.54, 1.807) is 24.3 Å². The van der Waals surface area contributed by atoms with E-state index in [1.165, 1.54) is 6.07 Å². The molecule has 3 rings (SSSR count). The molecule has 180 valence electrons. The van der Waals surface area contributed by atoms with Crippen molar-refractivity contribution in [3.63, 3.8) is 0 Å². The second-order valence-corrected chi connectivity index (χ2v) is 8.24. The van der Waals surface area contributed by atoms with Crippen molar-refractivity contribution in [1.82, 2.24) is 5.32 Å². The van der Waals surface area contributed by atoms with Crippen LogP contribution in [0.15, 0.2) is 60.7 Å². The number of rotatable bonds is 8. The lowest BCUT2D eigenvalue weighted by molar-refractivity contribution is -0.274. The fourth-order valence-electron chi connectivity index (χ4n) is 3.86.